The van der Waals surface area contributed by atoms with Gasteiger partial charge in [-0.05, 0) is 43.6 Å². The second-order valence-corrected chi connectivity index (χ2v) is 7.92. The lowest BCUT2D eigenvalue weighted by Crippen LogP contribution is -2.42. The van der Waals surface area contributed by atoms with Crippen LogP contribution in [0.25, 0.3) is 0 Å². The van der Waals surface area contributed by atoms with Gasteiger partial charge in [-0.15, -0.1) is 35.9 Å². The van der Waals surface area contributed by atoms with Crippen LogP contribution in [0.15, 0.2) is 24.3 Å². The largest absolute Gasteiger partial charge is 0.349 e. The first kappa shape index (κ1) is 17.0. The van der Waals surface area contributed by atoms with Crippen molar-refractivity contribution in [3.63, 3.8) is 0 Å². The maximum absolute atomic E-state index is 12.2. The van der Waals surface area contributed by atoms with E-state index >= 15 is 0 Å². The van der Waals surface area contributed by atoms with Gasteiger partial charge >= 0.3 is 0 Å². The van der Waals surface area contributed by atoms with Crippen LogP contribution in [-0.4, -0.2) is 36.5 Å². The standard InChI is InChI=1S/C15H20N2OS2.ClH/c18-14(17-13-5-7-16-8-6-13)11-1-3-12(4-2-11)15-19-9-10-20-15;/h1-4,13,15-16H,5-10H2,(H,17,18);1H. The van der Waals surface area contributed by atoms with E-state index in [1.54, 1.807) is 0 Å². The molecular weight excluding hydrogens is 324 g/mol. The van der Waals surface area contributed by atoms with Crippen LogP contribution in [0.5, 0.6) is 0 Å². The van der Waals surface area contributed by atoms with Crippen molar-refractivity contribution in [2.75, 3.05) is 24.6 Å². The number of carbonyl (C=O) groups is 1. The third kappa shape index (κ3) is 4.55. The van der Waals surface area contributed by atoms with Gasteiger partial charge in [0.15, 0.2) is 0 Å². The average molecular weight is 345 g/mol. The highest BCUT2D eigenvalue weighted by Crippen LogP contribution is 2.45. The van der Waals surface area contributed by atoms with E-state index in [4.69, 9.17) is 0 Å². The highest BCUT2D eigenvalue weighted by Gasteiger charge is 2.19. The first-order valence-electron chi connectivity index (χ1n) is 7.18. The fraction of sp³-hybridized carbons (Fsp3) is 0.533. The summed E-state index contributed by atoms with van der Waals surface area (Å²) in [6.45, 7) is 2.00. The third-order valence-electron chi connectivity index (χ3n) is 3.74. The van der Waals surface area contributed by atoms with Crippen molar-refractivity contribution in [3.8, 4) is 0 Å². The summed E-state index contributed by atoms with van der Waals surface area (Å²) in [5.41, 5.74) is 2.11. The molecule has 21 heavy (non-hydrogen) atoms. The average Bonchev–Trinajstić information content (AvgIpc) is 3.03. The minimum atomic E-state index is 0. The lowest BCUT2D eigenvalue weighted by molar-refractivity contribution is 0.0929. The normalized spacial score (nSPS) is 20.0. The summed E-state index contributed by atoms with van der Waals surface area (Å²) in [5.74, 6) is 2.52. The van der Waals surface area contributed by atoms with Gasteiger partial charge in [0.05, 0.1) is 4.58 Å². The Morgan fingerprint density at radius 1 is 1.10 bits per heavy atom. The predicted molar refractivity (Wildman–Crippen MR) is 94.7 cm³/mol. The zero-order chi connectivity index (χ0) is 13.8. The van der Waals surface area contributed by atoms with Gasteiger partial charge in [-0.2, -0.15) is 0 Å². The summed E-state index contributed by atoms with van der Waals surface area (Å²) in [6, 6.07) is 8.46. The second kappa shape index (κ2) is 8.32. The van der Waals surface area contributed by atoms with Crippen molar-refractivity contribution in [2.24, 2.45) is 0 Å². The zero-order valence-corrected chi connectivity index (χ0v) is 14.3. The molecule has 1 aromatic carbocycles. The van der Waals surface area contributed by atoms with Crippen LogP contribution < -0.4 is 10.6 Å². The van der Waals surface area contributed by atoms with Crippen LogP contribution in [0.1, 0.15) is 33.3 Å². The molecule has 2 heterocycles. The zero-order valence-electron chi connectivity index (χ0n) is 11.8. The van der Waals surface area contributed by atoms with Gasteiger partial charge in [0.25, 0.3) is 5.91 Å². The molecule has 2 aliphatic heterocycles. The molecule has 2 N–H and O–H groups in total. The van der Waals surface area contributed by atoms with E-state index in [0.29, 0.717) is 10.6 Å². The number of halogens is 1. The van der Waals surface area contributed by atoms with Crippen molar-refractivity contribution in [3.05, 3.63) is 35.4 Å². The van der Waals surface area contributed by atoms with Crippen molar-refractivity contribution in [1.82, 2.24) is 10.6 Å². The van der Waals surface area contributed by atoms with Crippen LogP contribution in [0.2, 0.25) is 0 Å². The van der Waals surface area contributed by atoms with Gasteiger partial charge in [0.1, 0.15) is 0 Å². The minimum Gasteiger partial charge on any atom is -0.349 e. The lowest BCUT2D eigenvalue weighted by atomic mass is 10.1. The maximum atomic E-state index is 12.2. The Bertz CT molecular complexity index is 457. The van der Waals surface area contributed by atoms with Crippen LogP contribution >= 0.6 is 35.9 Å². The Balaban J connectivity index is 0.00000161. The van der Waals surface area contributed by atoms with Crippen molar-refractivity contribution in [2.45, 2.75) is 23.5 Å². The molecule has 0 unspecified atom stereocenters. The number of nitrogens with one attached hydrogen (secondary N) is 2. The van der Waals surface area contributed by atoms with Crippen molar-refractivity contribution >= 4 is 41.8 Å². The maximum Gasteiger partial charge on any atom is 0.251 e. The SMILES string of the molecule is Cl.O=C(NC1CCNCC1)c1ccc(C2SCCS2)cc1. The highest BCUT2D eigenvalue weighted by molar-refractivity contribution is 8.19. The fourth-order valence-electron chi connectivity index (χ4n) is 2.58. The number of rotatable bonds is 3. The molecular formula is C15H21ClN2OS2. The van der Waals surface area contributed by atoms with Crippen LogP contribution in [0.3, 0.4) is 0 Å². The highest BCUT2D eigenvalue weighted by atomic mass is 35.5. The third-order valence-corrected chi connectivity index (χ3v) is 6.85. The molecule has 0 aromatic heterocycles. The summed E-state index contributed by atoms with van der Waals surface area (Å²) in [5, 5.41) is 6.45. The molecule has 0 radical (unpaired) electrons. The van der Waals surface area contributed by atoms with E-state index in [1.165, 1.54) is 17.1 Å². The van der Waals surface area contributed by atoms with Crippen molar-refractivity contribution in [1.29, 1.82) is 0 Å². The summed E-state index contributed by atoms with van der Waals surface area (Å²) < 4.78 is 0.552. The minimum absolute atomic E-state index is 0. The summed E-state index contributed by atoms with van der Waals surface area (Å²) in [4.78, 5) is 12.2. The predicted octanol–water partition coefficient (Wildman–Crippen LogP) is 3.07. The Labute approximate surface area is 140 Å². The van der Waals surface area contributed by atoms with Gasteiger partial charge in [0, 0.05) is 23.1 Å². The Kier molecular flexibility index (Phi) is 6.74. The van der Waals surface area contributed by atoms with Crippen molar-refractivity contribution < 1.29 is 4.79 Å². The van der Waals surface area contributed by atoms with Gasteiger partial charge in [-0.3, -0.25) is 4.79 Å². The van der Waals surface area contributed by atoms with Gasteiger partial charge in [-0.1, -0.05) is 12.1 Å². The molecule has 0 spiro atoms. The van der Waals surface area contributed by atoms with E-state index in [2.05, 4.69) is 22.8 Å². The Morgan fingerprint density at radius 3 is 2.33 bits per heavy atom. The Hall–Kier alpha value is -0.360. The van der Waals surface area contributed by atoms with E-state index in [1.807, 2.05) is 35.7 Å². The molecule has 0 bridgehead atoms. The second-order valence-electron chi connectivity index (χ2n) is 5.19. The molecule has 2 fully saturated rings. The van der Waals surface area contributed by atoms with Crippen LogP contribution in [0, 0.1) is 0 Å². The topological polar surface area (TPSA) is 41.1 Å². The van der Waals surface area contributed by atoms with Gasteiger partial charge in [0.2, 0.25) is 0 Å². The fourth-order valence-corrected chi connectivity index (χ4v) is 5.44. The molecule has 3 nitrogen and oxygen atoms in total. The first-order chi connectivity index (χ1) is 9.83. The summed E-state index contributed by atoms with van der Waals surface area (Å²) in [6.07, 6.45) is 2.05. The number of carbonyl (C=O) groups excluding carboxylic acids is 1. The molecule has 2 saturated heterocycles. The number of piperidine rings is 1. The quantitative estimate of drug-likeness (QED) is 0.884. The van der Waals surface area contributed by atoms with E-state index in [-0.39, 0.29) is 18.3 Å². The smallest absolute Gasteiger partial charge is 0.251 e. The molecule has 0 aliphatic carbocycles. The van der Waals surface area contributed by atoms with E-state index in [9.17, 15) is 4.79 Å². The van der Waals surface area contributed by atoms with Crippen LogP contribution in [0.4, 0.5) is 0 Å². The molecule has 116 valence electrons. The molecule has 3 rings (SSSR count). The lowest BCUT2D eigenvalue weighted by Gasteiger charge is -2.23. The molecule has 2 aliphatic rings. The number of amides is 1. The monoisotopic (exact) mass is 344 g/mol. The molecule has 1 amide bonds. The number of thioether (sulfide) groups is 2. The van der Waals surface area contributed by atoms with E-state index in [0.717, 1.165) is 31.5 Å². The molecule has 0 atom stereocenters. The van der Waals surface area contributed by atoms with E-state index < -0.39 is 0 Å². The molecule has 0 saturated carbocycles. The molecule has 6 heteroatoms. The van der Waals surface area contributed by atoms with Crippen LogP contribution in [-0.2, 0) is 0 Å². The first-order valence-corrected chi connectivity index (χ1v) is 9.27. The Morgan fingerprint density at radius 2 is 1.71 bits per heavy atom. The number of hydrogen-bond donors (Lipinski definition) is 2. The number of hydrogen-bond acceptors (Lipinski definition) is 4. The number of benzene rings is 1. The van der Waals surface area contributed by atoms with Gasteiger partial charge in [-0.25, -0.2) is 0 Å². The van der Waals surface area contributed by atoms with Gasteiger partial charge < -0.3 is 10.6 Å². The summed E-state index contributed by atoms with van der Waals surface area (Å²) in [7, 11) is 0. The molecule has 1 aromatic rings. The summed E-state index contributed by atoms with van der Waals surface area (Å²) >= 11 is 3.99.